The Morgan fingerprint density at radius 1 is 0.439 bits per heavy atom. The molecule has 3 atom stereocenters. The molecule has 0 aromatic rings. The molecule has 0 spiro atoms. The average molecular weight is 808 g/mol. The van der Waals surface area contributed by atoms with Gasteiger partial charge < -0.3 is 20.3 Å². The molecule has 0 aliphatic heterocycles. The number of carbonyl (C=O) groups is 2. The highest BCUT2D eigenvalue weighted by atomic mass is 16.5. The quantitative estimate of drug-likeness (QED) is 0.0420. The Balaban J connectivity index is 4.52. The van der Waals surface area contributed by atoms with Crippen LogP contribution in [-0.4, -0.2) is 46.9 Å². The van der Waals surface area contributed by atoms with Crippen LogP contribution in [0.2, 0.25) is 0 Å². The minimum absolute atomic E-state index is 0.0877. The molecule has 3 unspecified atom stereocenters. The van der Waals surface area contributed by atoms with E-state index in [1.807, 2.05) is 0 Å². The van der Waals surface area contributed by atoms with Crippen molar-refractivity contribution in [2.75, 3.05) is 6.61 Å². The van der Waals surface area contributed by atoms with E-state index in [1.54, 1.807) is 0 Å². The monoisotopic (exact) mass is 808 g/mol. The second-order valence-corrected chi connectivity index (χ2v) is 17.9. The average Bonchev–Trinajstić information content (AvgIpc) is 3.20. The van der Waals surface area contributed by atoms with E-state index >= 15 is 0 Å². The first-order valence-corrected chi connectivity index (χ1v) is 25.8. The van der Waals surface area contributed by atoms with Gasteiger partial charge in [-0.25, -0.2) is 0 Å². The fourth-order valence-corrected chi connectivity index (χ4v) is 8.26. The third kappa shape index (κ3) is 41.4. The summed E-state index contributed by atoms with van der Waals surface area (Å²) in [5, 5.41) is 23.7. The maximum Gasteiger partial charge on any atom is 0.306 e. The minimum Gasteiger partial charge on any atom is -0.462 e. The molecule has 0 fully saturated rings. The molecule has 0 saturated carbocycles. The number of nitrogens with one attached hydrogen (secondary N) is 1. The van der Waals surface area contributed by atoms with Gasteiger partial charge in [0.1, 0.15) is 6.10 Å². The molecule has 0 aromatic heterocycles. The molecule has 0 radical (unpaired) electrons. The van der Waals surface area contributed by atoms with Gasteiger partial charge in [-0.3, -0.25) is 9.59 Å². The number of carbonyl (C=O) groups excluding carboxylic acids is 2. The standard InChI is InChI=1S/C51H101NO5/c1-4-7-10-13-16-19-22-24-25-26-28-30-33-36-39-42-47(57-51(56)44-41-38-35-32-27-21-18-15-12-9-6-3)45-50(55)52-48(46-53)49(54)43-40-37-34-31-29-23-20-17-14-11-8-5-2/h47-49,53-54H,4-46H2,1-3H3,(H,52,55). The topological polar surface area (TPSA) is 95.9 Å². The van der Waals surface area contributed by atoms with Crippen LogP contribution in [0.4, 0.5) is 0 Å². The Bertz CT molecular complexity index is 821. The van der Waals surface area contributed by atoms with Gasteiger partial charge in [0, 0.05) is 6.42 Å². The van der Waals surface area contributed by atoms with Gasteiger partial charge in [-0.2, -0.15) is 0 Å². The molecule has 57 heavy (non-hydrogen) atoms. The van der Waals surface area contributed by atoms with Crippen LogP contribution >= 0.6 is 0 Å². The molecule has 6 heteroatoms. The number of aliphatic hydroxyl groups is 2. The third-order valence-electron chi connectivity index (χ3n) is 12.2. The lowest BCUT2D eigenvalue weighted by atomic mass is 10.0. The van der Waals surface area contributed by atoms with Crippen LogP contribution in [0.25, 0.3) is 0 Å². The van der Waals surface area contributed by atoms with E-state index in [4.69, 9.17) is 4.74 Å². The Morgan fingerprint density at radius 2 is 0.737 bits per heavy atom. The van der Waals surface area contributed by atoms with Gasteiger partial charge in [0.2, 0.25) is 5.91 Å². The molecule has 340 valence electrons. The first-order valence-electron chi connectivity index (χ1n) is 25.8. The van der Waals surface area contributed by atoms with E-state index in [2.05, 4.69) is 26.1 Å². The number of rotatable bonds is 47. The molecule has 3 N–H and O–H groups in total. The normalized spacial score (nSPS) is 13.1. The van der Waals surface area contributed by atoms with E-state index in [1.165, 1.54) is 199 Å². The number of hydrogen-bond acceptors (Lipinski definition) is 5. The number of hydrogen-bond donors (Lipinski definition) is 3. The largest absolute Gasteiger partial charge is 0.462 e. The van der Waals surface area contributed by atoms with Crippen LogP contribution in [0.3, 0.4) is 0 Å². The molecule has 6 nitrogen and oxygen atoms in total. The molecule has 0 aliphatic carbocycles. The zero-order valence-corrected chi connectivity index (χ0v) is 38.8. The predicted molar refractivity (Wildman–Crippen MR) is 246 cm³/mol. The number of esters is 1. The Kier molecular flexibility index (Phi) is 45.0. The number of aliphatic hydroxyl groups excluding tert-OH is 2. The highest BCUT2D eigenvalue weighted by molar-refractivity contribution is 5.77. The Hall–Kier alpha value is -1.14. The summed E-state index contributed by atoms with van der Waals surface area (Å²) in [6.45, 7) is 6.50. The molecule has 0 rings (SSSR count). The van der Waals surface area contributed by atoms with Crippen LogP contribution in [-0.2, 0) is 14.3 Å². The van der Waals surface area contributed by atoms with Crippen molar-refractivity contribution in [3.63, 3.8) is 0 Å². The molecule has 1 amide bonds. The van der Waals surface area contributed by atoms with Crippen molar-refractivity contribution in [3.8, 4) is 0 Å². The first kappa shape index (κ1) is 55.9. The highest BCUT2D eigenvalue weighted by Gasteiger charge is 2.24. The molecule has 0 bridgehead atoms. The van der Waals surface area contributed by atoms with Crippen molar-refractivity contribution >= 4 is 11.9 Å². The third-order valence-corrected chi connectivity index (χ3v) is 12.2. The van der Waals surface area contributed by atoms with Gasteiger partial charge in [0.15, 0.2) is 0 Å². The van der Waals surface area contributed by atoms with Gasteiger partial charge in [-0.15, -0.1) is 0 Å². The van der Waals surface area contributed by atoms with Crippen molar-refractivity contribution in [1.29, 1.82) is 0 Å². The molecule has 0 saturated heterocycles. The lowest BCUT2D eigenvalue weighted by Gasteiger charge is -2.24. The molecule has 0 heterocycles. The van der Waals surface area contributed by atoms with E-state index < -0.39 is 18.2 Å². The van der Waals surface area contributed by atoms with Crippen LogP contribution in [0.1, 0.15) is 290 Å². The van der Waals surface area contributed by atoms with E-state index in [9.17, 15) is 19.8 Å². The lowest BCUT2D eigenvalue weighted by Crippen LogP contribution is -2.46. The molecular weight excluding hydrogens is 707 g/mol. The molecule has 0 aliphatic rings. The van der Waals surface area contributed by atoms with E-state index in [0.29, 0.717) is 19.3 Å². The summed E-state index contributed by atoms with van der Waals surface area (Å²) < 4.78 is 5.93. The number of amides is 1. The van der Waals surface area contributed by atoms with Crippen molar-refractivity contribution in [2.45, 2.75) is 309 Å². The maximum atomic E-state index is 13.2. The minimum atomic E-state index is -0.778. The molecular formula is C51H101NO5. The SMILES string of the molecule is CCCCCCCCCCCCCCCCCC(CC(=O)NC(CO)C(O)CCCCCCCCCCCCCC)OC(=O)CCCCCCCCCCCCC. The van der Waals surface area contributed by atoms with Gasteiger partial charge in [0.25, 0.3) is 0 Å². The summed E-state index contributed by atoms with van der Waals surface area (Å²) in [6.07, 6.45) is 48.7. The van der Waals surface area contributed by atoms with E-state index in [0.717, 1.165) is 44.9 Å². The fourth-order valence-electron chi connectivity index (χ4n) is 8.26. The van der Waals surface area contributed by atoms with Crippen LogP contribution in [0, 0.1) is 0 Å². The smallest absolute Gasteiger partial charge is 0.306 e. The maximum absolute atomic E-state index is 13.2. The summed E-state index contributed by atoms with van der Waals surface area (Å²) in [6, 6.07) is -0.691. The predicted octanol–water partition coefficient (Wildman–Crippen LogP) is 15.2. The van der Waals surface area contributed by atoms with E-state index in [-0.39, 0.29) is 24.9 Å². The summed E-state index contributed by atoms with van der Waals surface area (Å²) in [4.78, 5) is 26.1. The first-order chi connectivity index (χ1) is 28.0. The molecule has 0 aromatic carbocycles. The zero-order chi connectivity index (χ0) is 41.7. The Morgan fingerprint density at radius 3 is 1.07 bits per heavy atom. The summed E-state index contributed by atoms with van der Waals surface area (Å²) >= 11 is 0. The second-order valence-electron chi connectivity index (χ2n) is 17.9. The van der Waals surface area contributed by atoms with Gasteiger partial charge in [-0.1, -0.05) is 252 Å². The van der Waals surface area contributed by atoms with Crippen LogP contribution in [0.5, 0.6) is 0 Å². The van der Waals surface area contributed by atoms with Crippen molar-refractivity contribution < 1.29 is 24.5 Å². The number of unbranched alkanes of at least 4 members (excludes halogenated alkanes) is 35. The summed E-state index contributed by atoms with van der Waals surface area (Å²) in [5.74, 6) is -0.452. The van der Waals surface area contributed by atoms with Crippen LogP contribution in [0.15, 0.2) is 0 Å². The van der Waals surface area contributed by atoms with Gasteiger partial charge in [-0.05, 0) is 25.7 Å². The van der Waals surface area contributed by atoms with Crippen LogP contribution < -0.4 is 5.32 Å². The Labute approximate surface area is 356 Å². The second kappa shape index (κ2) is 45.9. The fraction of sp³-hybridized carbons (Fsp3) is 0.961. The summed E-state index contributed by atoms with van der Waals surface area (Å²) in [5.41, 5.74) is 0. The highest BCUT2D eigenvalue weighted by Crippen LogP contribution is 2.19. The van der Waals surface area contributed by atoms with Crippen molar-refractivity contribution in [2.24, 2.45) is 0 Å². The number of ether oxygens (including phenoxy) is 1. The van der Waals surface area contributed by atoms with Crippen molar-refractivity contribution in [1.82, 2.24) is 5.32 Å². The summed E-state index contributed by atoms with van der Waals surface area (Å²) in [7, 11) is 0. The zero-order valence-electron chi connectivity index (χ0n) is 38.8. The lowest BCUT2D eigenvalue weighted by molar-refractivity contribution is -0.151. The van der Waals surface area contributed by atoms with Gasteiger partial charge in [0.05, 0.1) is 25.2 Å². The van der Waals surface area contributed by atoms with Crippen molar-refractivity contribution in [3.05, 3.63) is 0 Å². The van der Waals surface area contributed by atoms with Gasteiger partial charge >= 0.3 is 5.97 Å².